The highest BCUT2D eigenvalue weighted by Gasteiger charge is 2.13. The van der Waals surface area contributed by atoms with Crippen LogP contribution in [0.1, 0.15) is 22.8 Å². The lowest BCUT2D eigenvalue weighted by Crippen LogP contribution is -2.07. The Morgan fingerprint density at radius 1 is 1.57 bits per heavy atom. The lowest BCUT2D eigenvalue weighted by atomic mass is 10.1. The topological polar surface area (TPSA) is 52.3 Å². The van der Waals surface area contributed by atoms with Gasteiger partial charge in [0.25, 0.3) is 0 Å². The van der Waals surface area contributed by atoms with Gasteiger partial charge in [0.2, 0.25) is 0 Å². The second-order valence-electron chi connectivity index (χ2n) is 2.86. The lowest BCUT2D eigenvalue weighted by Gasteiger charge is -2.08. The summed E-state index contributed by atoms with van der Waals surface area (Å²) in [6.45, 7) is 3.84. The molecular formula is C10H12ClNO2. The van der Waals surface area contributed by atoms with E-state index < -0.39 is 0 Å². The largest absolute Gasteiger partial charge is 0.462 e. The first-order chi connectivity index (χ1) is 6.57. The molecule has 0 heterocycles. The molecule has 0 radical (unpaired) electrons. The highest BCUT2D eigenvalue weighted by Crippen LogP contribution is 2.26. The molecule has 3 nitrogen and oxygen atoms in total. The summed E-state index contributed by atoms with van der Waals surface area (Å²) < 4.78 is 4.87. The van der Waals surface area contributed by atoms with Crippen LogP contribution in [-0.2, 0) is 4.74 Å². The molecule has 0 spiro atoms. The molecule has 0 aliphatic carbocycles. The Labute approximate surface area is 87.8 Å². The molecule has 1 rings (SSSR count). The molecule has 0 atom stereocenters. The number of halogens is 1. The van der Waals surface area contributed by atoms with Crippen molar-refractivity contribution < 1.29 is 9.53 Å². The summed E-state index contributed by atoms with van der Waals surface area (Å²) in [7, 11) is 0. The molecule has 0 aliphatic heterocycles. The monoisotopic (exact) mass is 213 g/mol. The number of carbonyl (C=O) groups excluding carboxylic acids is 1. The van der Waals surface area contributed by atoms with E-state index in [1.165, 1.54) is 0 Å². The number of hydrogen-bond donors (Lipinski definition) is 1. The summed E-state index contributed by atoms with van der Waals surface area (Å²) >= 11 is 5.89. The minimum atomic E-state index is -0.369. The van der Waals surface area contributed by atoms with Crippen LogP contribution in [0.15, 0.2) is 12.1 Å². The Morgan fingerprint density at radius 2 is 2.21 bits per heavy atom. The van der Waals surface area contributed by atoms with Crippen molar-refractivity contribution in [3.05, 3.63) is 28.3 Å². The molecule has 0 saturated carbocycles. The number of benzene rings is 1. The van der Waals surface area contributed by atoms with Crippen LogP contribution in [0, 0.1) is 6.92 Å². The predicted octanol–water partition coefficient (Wildman–Crippen LogP) is 2.41. The molecule has 0 unspecified atom stereocenters. The zero-order chi connectivity index (χ0) is 10.7. The number of anilines is 1. The van der Waals surface area contributed by atoms with Crippen molar-refractivity contribution in [3.8, 4) is 0 Å². The summed E-state index contributed by atoms with van der Waals surface area (Å²) in [5, 5.41) is 0.413. The fourth-order valence-corrected chi connectivity index (χ4v) is 1.30. The van der Waals surface area contributed by atoms with Crippen molar-refractivity contribution in [1.29, 1.82) is 0 Å². The predicted molar refractivity (Wildman–Crippen MR) is 56.6 cm³/mol. The van der Waals surface area contributed by atoms with Crippen LogP contribution in [0.2, 0.25) is 5.02 Å². The molecule has 0 amide bonds. The van der Waals surface area contributed by atoms with Gasteiger partial charge in [-0.3, -0.25) is 0 Å². The number of hydrogen-bond acceptors (Lipinski definition) is 3. The molecule has 2 N–H and O–H groups in total. The number of ether oxygens (including phenoxy) is 1. The van der Waals surface area contributed by atoms with Gasteiger partial charge < -0.3 is 10.5 Å². The van der Waals surface area contributed by atoms with Crippen molar-refractivity contribution in [3.63, 3.8) is 0 Å². The molecule has 1 aromatic carbocycles. The Balaban J connectivity index is 3.11. The van der Waals surface area contributed by atoms with Crippen LogP contribution in [0.4, 0.5) is 5.69 Å². The third kappa shape index (κ3) is 1.99. The molecule has 0 aliphatic rings. The summed E-state index contributed by atoms with van der Waals surface area (Å²) in [5.74, 6) is -0.369. The molecule has 0 aromatic heterocycles. The van der Waals surface area contributed by atoms with Crippen LogP contribution < -0.4 is 5.73 Å². The zero-order valence-electron chi connectivity index (χ0n) is 8.13. The van der Waals surface area contributed by atoms with E-state index in [4.69, 9.17) is 22.1 Å². The van der Waals surface area contributed by atoms with Crippen LogP contribution in [0.3, 0.4) is 0 Å². The van der Waals surface area contributed by atoms with E-state index in [1.54, 1.807) is 26.0 Å². The van der Waals surface area contributed by atoms with Crippen LogP contribution in [0.5, 0.6) is 0 Å². The number of nitrogen functional groups attached to an aromatic ring is 1. The van der Waals surface area contributed by atoms with Gasteiger partial charge in [-0.15, -0.1) is 0 Å². The van der Waals surface area contributed by atoms with Gasteiger partial charge in [-0.05, 0) is 31.5 Å². The normalized spacial score (nSPS) is 9.93. The van der Waals surface area contributed by atoms with E-state index >= 15 is 0 Å². The van der Waals surface area contributed by atoms with Crippen molar-refractivity contribution in [2.75, 3.05) is 12.3 Å². The maximum absolute atomic E-state index is 11.4. The summed E-state index contributed by atoms with van der Waals surface area (Å²) in [6.07, 6.45) is 0. The Kier molecular flexibility index (Phi) is 3.36. The van der Waals surface area contributed by atoms with Gasteiger partial charge in [0.05, 0.1) is 22.9 Å². The molecule has 4 heteroatoms. The van der Waals surface area contributed by atoms with Gasteiger partial charge in [0, 0.05) is 0 Å². The number of rotatable bonds is 2. The fourth-order valence-electron chi connectivity index (χ4n) is 1.14. The molecule has 0 fully saturated rings. The Hall–Kier alpha value is -1.22. The van der Waals surface area contributed by atoms with Gasteiger partial charge in [0.1, 0.15) is 0 Å². The fraction of sp³-hybridized carbons (Fsp3) is 0.300. The summed E-state index contributed by atoms with van der Waals surface area (Å²) in [6, 6.07) is 3.22. The maximum Gasteiger partial charge on any atom is 0.338 e. The quantitative estimate of drug-likeness (QED) is 0.606. The molecule has 0 bridgehead atoms. The van der Waals surface area contributed by atoms with E-state index in [9.17, 15) is 4.79 Å². The van der Waals surface area contributed by atoms with Gasteiger partial charge >= 0.3 is 5.97 Å². The first-order valence-corrected chi connectivity index (χ1v) is 4.67. The molecule has 1 aromatic rings. The minimum absolute atomic E-state index is 0.347. The second-order valence-corrected chi connectivity index (χ2v) is 3.24. The van der Waals surface area contributed by atoms with Gasteiger partial charge in [0.15, 0.2) is 0 Å². The zero-order valence-corrected chi connectivity index (χ0v) is 8.89. The number of carbonyl (C=O) groups is 1. The third-order valence-corrected chi connectivity index (χ3v) is 2.41. The van der Waals surface area contributed by atoms with E-state index in [0.29, 0.717) is 28.4 Å². The highest BCUT2D eigenvalue weighted by molar-refractivity contribution is 6.34. The summed E-state index contributed by atoms with van der Waals surface area (Å²) in [4.78, 5) is 11.4. The number of nitrogens with two attached hydrogens (primary N) is 1. The first-order valence-electron chi connectivity index (χ1n) is 4.29. The average Bonchev–Trinajstić information content (AvgIpc) is 2.15. The molecular weight excluding hydrogens is 202 g/mol. The Bertz CT molecular complexity index is 363. The van der Waals surface area contributed by atoms with Crippen molar-refractivity contribution >= 4 is 23.3 Å². The van der Waals surface area contributed by atoms with E-state index in [2.05, 4.69) is 0 Å². The van der Waals surface area contributed by atoms with Gasteiger partial charge in [-0.2, -0.15) is 0 Å². The van der Waals surface area contributed by atoms with Gasteiger partial charge in [-0.25, -0.2) is 4.79 Å². The lowest BCUT2D eigenvalue weighted by molar-refractivity contribution is 0.0525. The smallest absolute Gasteiger partial charge is 0.338 e. The molecule has 0 saturated heterocycles. The van der Waals surface area contributed by atoms with Crippen LogP contribution in [0.25, 0.3) is 0 Å². The van der Waals surface area contributed by atoms with Crippen molar-refractivity contribution in [1.82, 2.24) is 0 Å². The average molecular weight is 214 g/mol. The number of esters is 1. The van der Waals surface area contributed by atoms with Crippen LogP contribution >= 0.6 is 11.6 Å². The van der Waals surface area contributed by atoms with Crippen molar-refractivity contribution in [2.24, 2.45) is 0 Å². The van der Waals surface area contributed by atoms with E-state index in [1.807, 2.05) is 0 Å². The minimum Gasteiger partial charge on any atom is -0.462 e. The maximum atomic E-state index is 11.4. The van der Waals surface area contributed by atoms with Gasteiger partial charge in [-0.1, -0.05) is 11.6 Å². The molecule has 14 heavy (non-hydrogen) atoms. The van der Waals surface area contributed by atoms with Crippen LogP contribution in [-0.4, -0.2) is 12.6 Å². The SMILES string of the molecule is CCOC(=O)c1ccc(N)c(Cl)c1C. The van der Waals surface area contributed by atoms with E-state index in [0.717, 1.165) is 0 Å². The third-order valence-electron chi connectivity index (χ3n) is 1.91. The Morgan fingerprint density at radius 3 is 2.79 bits per heavy atom. The molecule has 76 valence electrons. The standard InChI is InChI=1S/C10H12ClNO2/c1-3-14-10(13)7-4-5-8(12)9(11)6(7)2/h4-5H,3,12H2,1-2H3. The summed E-state index contributed by atoms with van der Waals surface area (Å²) in [5.41, 5.74) is 7.17. The first kappa shape index (κ1) is 10.9. The highest BCUT2D eigenvalue weighted by atomic mass is 35.5. The second kappa shape index (κ2) is 4.33. The van der Waals surface area contributed by atoms with Crippen molar-refractivity contribution in [2.45, 2.75) is 13.8 Å². The van der Waals surface area contributed by atoms with E-state index in [-0.39, 0.29) is 5.97 Å².